The summed E-state index contributed by atoms with van der Waals surface area (Å²) in [6.45, 7) is 3.61. The molecule has 0 radical (unpaired) electrons. The third kappa shape index (κ3) is 3.81. The molecule has 0 unspecified atom stereocenters. The Balaban J connectivity index is 1.94. The zero-order valence-corrected chi connectivity index (χ0v) is 15.1. The molecule has 1 atom stereocenters. The predicted molar refractivity (Wildman–Crippen MR) is 102 cm³/mol. The number of aromatic amines is 1. The average Bonchev–Trinajstić information content (AvgIpc) is 2.60. The second-order valence-corrected chi connectivity index (χ2v) is 6.92. The maximum Gasteiger partial charge on any atom is 0.257 e. The highest BCUT2D eigenvalue weighted by Crippen LogP contribution is 2.31. The maximum absolute atomic E-state index is 12.7. The monoisotopic (exact) mass is 390 g/mol. The number of carbonyl (C=O) groups is 2. The molecule has 0 fully saturated rings. The van der Waals surface area contributed by atoms with Crippen molar-refractivity contribution < 1.29 is 9.59 Å². The summed E-state index contributed by atoms with van der Waals surface area (Å²) in [4.78, 5) is 44.1. The molecule has 0 saturated carbocycles. The van der Waals surface area contributed by atoms with E-state index >= 15 is 0 Å². The third-order valence-corrected chi connectivity index (χ3v) is 4.91. The molecule has 7 nitrogen and oxygen atoms in total. The molecule has 9 heteroatoms. The topological polar surface area (TPSA) is 104 Å². The smallest absolute Gasteiger partial charge is 0.257 e. The molecule has 3 rings (SSSR count). The summed E-state index contributed by atoms with van der Waals surface area (Å²) >= 11 is 7.32. The molecule has 1 aliphatic heterocycles. The first kappa shape index (κ1) is 18.2. The van der Waals surface area contributed by atoms with Crippen LogP contribution < -0.4 is 16.2 Å². The Labute approximate surface area is 158 Å². The largest absolute Gasteiger partial charge is 0.324 e. The van der Waals surface area contributed by atoms with Crippen molar-refractivity contribution in [3.8, 4) is 0 Å². The zero-order chi connectivity index (χ0) is 18.7. The number of anilines is 2. The second-order valence-electron chi connectivity index (χ2n) is 5.51. The average molecular weight is 391 g/mol. The lowest BCUT2D eigenvalue weighted by Gasteiger charge is -2.23. The van der Waals surface area contributed by atoms with E-state index in [1.165, 1.54) is 11.8 Å². The highest BCUT2D eigenvalue weighted by molar-refractivity contribution is 7.99. The summed E-state index contributed by atoms with van der Waals surface area (Å²) < 4.78 is 0. The van der Waals surface area contributed by atoms with Crippen molar-refractivity contribution in [3.05, 3.63) is 57.9 Å². The molecule has 2 amide bonds. The molecular weight excluding hydrogens is 376 g/mol. The molecule has 0 aliphatic carbocycles. The van der Waals surface area contributed by atoms with Gasteiger partial charge >= 0.3 is 0 Å². The lowest BCUT2D eigenvalue weighted by Crippen LogP contribution is -2.36. The van der Waals surface area contributed by atoms with Crippen molar-refractivity contribution in [2.45, 2.75) is 17.5 Å². The Kier molecular flexibility index (Phi) is 5.43. The summed E-state index contributed by atoms with van der Waals surface area (Å²) in [5.41, 5.74) is 0.0900. The van der Waals surface area contributed by atoms with Gasteiger partial charge in [-0.3, -0.25) is 14.4 Å². The van der Waals surface area contributed by atoms with Crippen LogP contribution in [0.4, 0.5) is 11.5 Å². The molecule has 26 heavy (non-hydrogen) atoms. The molecule has 0 spiro atoms. The van der Waals surface area contributed by atoms with Gasteiger partial charge in [0.25, 0.3) is 5.56 Å². The number of nitrogens with one attached hydrogen (secondary N) is 3. The number of rotatable bonds is 5. The van der Waals surface area contributed by atoms with E-state index in [1.807, 2.05) is 0 Å². The van der Waals surface area contributed by atoms with Crippen molar-refractivity contribution in [2.75, 3.05) is 16.4 Å². The van der Waals surface area contributed by atoms with E-state index in [9.17, 15) is 14.4 Å². The van der Waals surface area contributed by atoms with E-state index in [2.05, 4.69) is 27.2 Å². The van der Waals surface area contributed by atoms with Crippen LogP contribution in [0, 0.1) is 0 Å². The summed E-state index contributed by atoms with van der Waals surface area (Å²) in [5.74, 6) is -1.17. The molecule has 0 saturated heterocycles. The van der Waals surface area contributed by atoms with Crippen LogP contribution in [0.25, 0.3) is 0 Å². The minimum absolute atomic E-state index is 0.107. The molecule has 2 heterocycles. The van der Waals surface area contributed by atoms with Gasteiger partial charge in [0.1, 0.15) is 5.82 Å². The fourth-order valence-electron chi connectivity index (χ4n) is 2.56. The second kappa shape index (κ2) is 7.76. The van der Waals surface area contributed by atoms with Crippen LogP contribution in [0.5, 0.6) is 0 Å². The summed E-state index contributed by atoms with van der Waals surface area (Å²) in [6.07, 6.45) is 1.52. The van der Waals surface area contributed by atoms with Crippen molar-refractivity contribution in [1.82, 2.24) is 9.97 Å². The van der Waals surface area contributed by atoms with E-state index < -0.39 is 17.4 Å². The number of fused-ring (bicyclic) bond motifs is 1. The maximum atomic E-state index is 12.7. The normalized spacial score (nSPS) is 15.7. The number of aromatic nitrogens is 2. The van der Waals surface area contributed by atoms with Gasteiger partial charge in [0, 0.05) is 12.2 Å². The van der Waals surface area contributed by atoms with Crippen molar-refractivity contribution in [3.63, 3.8) is 0 Å². The van der Waals surface area contributed by atoms with E-state index in [4.69, 9.17) is 11.6 Å². The molecular formula is C17H15ClN4O3S. The van der Waals surface area contributed by atoms with E-state index in [0.29, 0.717) is 21.6 Å². The van der Waals surface area contributed by atoms with Gasteiger partial charge in [-0.15, -0.1) is 6.58 Å². The Morgan fingerprint density at radius 3 is 2.92 bits per heavy atom. The van der Waals surface area contributed by atoms with Gasteiger partial charge in [-0.05, 0) is 12.1 Å². The van der Waals surface area contributed by atoms with E-state index in [0.717, 1.165) is 0 Å². The minimum atomic E-state index is -0.954. The van der Waals surface area contributed by atoms with E-state index in [-0.39, 0.29) is 23.7 Å². The number of hydrogen-bond acceptors (Lipinski definition) is 5. The number of benzene rings is 1. The van der Waals surface area contributed by atoms with Crippen LogP contribution in [-0.2, 0) is 9.59 Å². The zero-order valence-electron chi connectivity index (χ0n) is 13.5. The van der Waals surface area contributed by atoms with Gasteiger partial charge in [-0.1, -0.05) is 41.6 Å². The first-order valence-corrected chi connectivity index (χ1v) is 9.09. The molecule has 1 aromatic heterocycles. The first-order chi connectivity index (χ1) is 12.5. The number of hydrogen-bond donors (Lipinski definition) is 3. The van der Waals surface area contributed by atoms with Gasteiger partial charge in [0.15, 0.2) is 5.16 Å². The standard InChI is InChI=1S/C17H15ClN4O3S/c1-2-7-26-17-21-14-13(16(25)22-17)9(8-12(23)20-14)15(24)19-11-6-4-3-5-10(11)18/h2-6,9H,1,7-8H2,(H,19,24)(H2,20,21,22,23,25)/t9-/m1/s1. The van der Waals surface area contributed by atoms with Crippen molar-refractivity contribution in [2.24, 2.45) is 0 Å². The van der Waals surface area contributed by atoms with Crippen LogP contribution in [0.15, 0.2) is 46.9 Å². The highest BCUT2D eigenvalue weighted by atomic mass is 35.5. The van der Waals surface area contributed by atoms with Gasteiger partial charge < -0.3 is 15.6 Å². The van der Waals surface area contributed by atoms with Crippen LogP contribution in [-0.4, -0.2) is 27.5 Å². The Morgan fingerprint density at radius 1 is 1.42 bits per heavy atom. The minimum Gasteiger partial charge on any atom is -0.324 e. The summed E-state index contributed by atoms with van der Waals surface area (Å²) in [5, 5.41) is 5.94. The fourth-order valence-corrected chi connectivity index (χ4v) is 3.34. The Hall–Kier alpha value is -2.58. The lowest BCUT2D eigenvalue weighted by molar-refractivity contribution is -0.123. The molecule has 3 N–H and O–H groups in total. The van der Waals surface area contributed by atoms with Crippen LogP contribution in [0.2, 0.25) is 5.02 Å². The van der Waals surface area contributed by atoms with Crippen molar-refractivity contribution >= 4 is 46.7 Å². The Bertz CT molecular complexity index is 944. The van der Waals surface area contributed by atoms with Gasteiger partial charge in [-0.2, -0.15) is 0 Å². The number of carbonyl (C=O) groups excluding carboxylic acids is 2. The van der Waals surface area contributed by atoms with Crippen LogP contribution >= 0.6 is 23.4 Å². The quantitative estimate of drug-likeness (QED) is 0.413. The molecule has 2 aromatic rings. The Morgan fingerprint density at radius 2 is 2.19 bits per heavy atom. The molecule has 1 aliphatic rings. The number of para-hydroxylation sites is 1. The van der Waals surface area contributed by atoms with Gasteiger partial charge in [-0.25, -0.2) is 4.98 Å². The SMILES string of the molecule is C=CCSc1nc2c(c(=O)[nH]1)[C@H](C(=O)Nc1ccccc1Cl)CC(=O)N2. The van der Waals surface area contributed by atoms with Gasteiger partial charge in [0.2, 0.25) is 11.8 Å². The number of nitrogens with zero attached hydrogens (tertiary/aromatic N) is 1. The molecule has 1 aromatic carbocycles. The first-order valence-electron chi connectivity index (χ1n) is 7.72. The highest BCUT2D eigenvalue weighted by Gasteiger charge is 2.34. The van der Waals surface area contributed by atoms with Gasteiger partial charge in [0.05, 0.1) is 22.2 Å². The fraction of sp³-hybridized carbons (Fsp3) is 0.176. The predicted octanol–water partition coefficient (Wildman–Crippen LogP) is 2.77. The number of H-pyrrole nitrogens is 1. The number of amides is 2. The summed E-state index contributed by atoms with van der Waals surface area (Å²) in [7, 11) is 0. The summed E-state index contributed by atoms with van der Waals surface area (Å²) in [6, 6.07) is 6.73. The lowest BCUT2D eigenvalue weighted by atomic mass is 9.92. The third-order valence-electron chi connectivity index (χ3n) is 3.72. The van der Waals surface area contributed by atoms with Crippen LogP contribution in [0.1, 0.15) is 17.9 Å². The molecule has 134 valence electrons. The number of thioether (sulfide) groups is 1. The van der Waals surface area contributed by atoms with Crippen LogP contribution in [0.3, 0.4) is 0 Å². The van der Waals surface area contributed by atoms with E-state index in [1.54, 1.807) is 30.3 Å². The molecule has 0 bridgehead atoms. The van der Waals surface area contributed by atoms with Crippen molar-refractivity contribution in [1.29, 1.82) is 0 Å². The number of halogens is 1.